The SMILES string of the molecule is CNCCN(C)Cc1cccc(-c2cc(C(=O)NC3CCOCC3)c3cnn(C4CC4)c3n2)c1. The van der Waals surface area contributed by atoms with E-state index in [9.17, 15) is 4.79 Å². The number of fused-ring (bicyclic) bond motifs is 1. The standard InChI is InChI=1S/C26H34N6O2/c1-27-10-11-31(2)17-18-4-3-5-19(14-18)24-15-22(26(33)29-20-8-12-34-13-9-20)23-16-28-32(21-6-7-21)25(23)30-24/h3-5,14-16,20-21,27H,6-13,17H2,1-2H3,(H,29,33). The van der Waals surface area contributed by atoms with E-state index in [0.29, 0.717) is 24.8 Å². The lowest BCUT2D eigenvalue weighted by atomic mass is 10.0. The lowest BCUT2D eigenvalue weighted by Crippen LogP contribution is -2.39. The maximum atomic E-state index is 13.4. The molecule has 34 heavy (non-hydrogen) atoms. The summed E-state index contributed by atoms with van der Waals surface area (Å²) in [5.74, 6) is -0.0566. The van der Waals surface area contributed by atoms with E-state index in [2.05, 4.69) is 51.9 Å². The highest BCUT2D eigenvalue weighted by Gasteiger charge is 2.28. The molecule has 2 N–H and O–H groups in total. The van der Waals surface area contributed by atoms with Crippen LogP contribution in [-0.2, 0) is 11.3 Å². The fraction of sp³-hybridized carbons (Fsp3) is 0.500. The van der Waals surface area contributed by atoms with Gasteiger partial charge in [-0.05, 0) is 57.5 Å². The molecular weight excluding hydrogens is 428 g/mol. The average Bonchev–Trinajstić information content (AvgIpc) is 3.61. The van der Waals surface area contributed by atoms with Gasteiger partial charge in [0.05, 0.1) is 28.9 Å². The van der Waals surface area contributed by atoms with Gasteiger partial charge < -0.3 is 20.3 Å². The summed E-state index contributed by atoms with van der Waals surface area (Å²) >= 11 is 0. The van der Waals surface area contributed by atoms with Gasteiger partial charge in [0.15, 0.2) is 5.65 Å². The number of rotatable bonds is 9. The maximum Gasteiger partial charge on any atom is 0.252 e. The second-order valence-corrected chi connectivity index (χ2v) is 9.51. The summed E-state index contributed by atoms with van der Waals surface area (Å²) in [6, 6.07) is 10.9. The molecule has 0 spiro atoms. The molecule has 1 saturated heterocycles. The quantitative estimate of drug-likeness (QED) is 0.509. The van der Waals surface area contributed by atoms with Crippen LogP contribution in [0, 0.1) is 0 Å². The maximum absolute atomic E-state index is 13.4. The number of nitrogens with one attached hydrogen (secondary N) is 2. The molecule has 8 heteroatoms. The lowest BCUT2D eigenvalue weighted by molar-refractivity contribution is 0.0697. The molecule has 0 unspecified atom stereocenters. The van der Waals surface area contributed by atoms with Gasteiger partial charge in [0, 0.05) is 44.5 Å². The Hall–Kier alpha value is -2.81. The van der Waals surface area contributed by atoms with Gasteiger partial charge in [-0.3, -0.25) is 4.79 Å². The van der Waals surface area contributed by atoms with E-state index in [1.54, 1.807) is 6.20 Å². The Balaban J connectivity index is 1.48. The Kier molecular flexibility index (Phi) is 6.89. The molecule has 8 nitrogen and oxygen atoms in total. The van der Waals surface area contributed by atoms with Gasteiger partial charge in [0.2, 0.25) is 0 Å². The summed E-state index contributed by atoms with van der Waals surface area (Å²) in [7, 11) is 4.10. The summed E-state index contributed by atoms with van der Waals surface area (Å²) in [6.45, 7) is 4.16. The number of ether oxygens (including phenoxy) is 1. The predicted octanol–water partition coefficient (Wildman–Crippen LogP) is 2.99. The number of amides is 1. The largest absolute Gasteiger partial charge is 0.381 e. The van der Waals surface area contributed by atoms with E-state index in [1.807, 2.05) is 17.8 Å². The third-order valence-electron chi connectivity index (χ3n) is 6.68. The highest BCUT2D eigenvalue weighted by Crippen LogP contribution is 2.37. The molecule has 2 aromatic heterocycles. The zero-order chi connectivity index (χ0) is 23.5. The Morgan fingerprint density at radius 2 is 2.03 bits per heavy atom. The number of carbonyl (C=O) groups is 1. The van der Waals surface area contributed by atoms with Crippen molar-refractivity contribution < 1.29 is 9.53 Å². The lowest BCUT2D eigenvalue weighted by Gasteiger charge is -2.23. The number of benzene rings is 1. The number of hydrogen-bond donors (Lipinski definition) is 2. The molecule has 0 atom stereocenters. The van der Waals surface area contributed by atoms with Crippen molar-refractivity contribution in [1.82, 2.24) is 30.3 Å². The van der Waals surface area contributed by atoms with Gasteiger partial charge in [0.1, 0.15) is 0 Å². The number of likely N-dealkylation sites (N-methyl/N-ethyl adjacent to an activating group) is 2. The first-order valence-electron chi connectivity index (χ1n) is 12.3. The highest BCUT2D eigenvalue weighted by molar-refractivity contribution is 6.06. The second kappa shape index (κ2) is 10.2. The van der Waals surface area contributed by atoms with Crippen molar-refractivity contribution in [2.45, 2.75) is 44.3 Å². The van der Waals surface area contributed by atoms with E-state index in [-0.39, 0.29) is 11.9 Å². The van der Waals surface area contributed by atoms with Gasteiger partial charge in [-0.15, -0.1) is 0 Å². The highest BCUT2D eigenvalue weighted by atomic mass is 16.5. The summed E-state index contributed by atoms with van der Waals surface area (Å²) in [5, 5.41) is 11.8. The predicted molar refractivity (Wildman–Crippen MR) is 133 cm³/mol. The first-order chi connectivity index (χ1) is 16.6. The number of nitrogens with zero attached hydrogens (tertiary/aromatic N) is 4. The van der Waals surface area contributed by atoms with E-state index in [0.717, 1.165) is 67.6 Å². The number of aromatic nitrogens is 3. The topological polar surface area (TPSA) is 84.3 Å². The number of carbonyl (C=O) groups excluding carboxylic acids is 1. The normalized spacial score (nSPS) is 16.9. The van der Waals surface area contributed by atoms with Crippen molar-refractivity contribution in [3.8, 4) is 11.3 Å². The molecule has 2 aliphatic rings. The van der Waals surface area contributed by atoms with Crippen molar-refractivity contribution in [2.24, 2.45) is 0 Å². The van der Waals surface area contributed by atoms with Crippen LogP contribution in [0.1, 0.15) is 47.6 Å². The zero-order valence-corrected chi connectivity index (χ0v) is 20.1. The van der Waals surface area contributed by atoms with Gasteiger partial charge in [-0.1, -0.05) is 18.2 Å². The van der Waals surface area contributed by atoms with Gasteiger partial charge in [-0.2, -0.15) is 5.10 Å². The van der Waals surface area contributed by atoms with Gasteiger partial charge in [0.25, 0.3) is 5.91 Å². The molecule has 1 amide bonds. The minimum Gasteiger partial charge on any atom is -0.381 e. The molecule has 1 aliphatic carbocycles. The van der Waals surface area contributed by atoms with Gasteiger partial charge in [-0.25, -0.2) is 9.67 Å². The smallest absolute Gasteiger partial charge is 0.252 e. The third kappa shape index (κ3) is 5.14. The van der Waals surface area contributed by atoms with Crippen LogP contribution in [0.15, 0.2) is 36.5 Å². The minimum absolute atomic E-state index is 0.0566. The second-order valence-electron chi connectivity index (χ2n) is 9.51. The number of pyridine rings is 1. The van der Waals surface area contributed by atoms with Crippen LogP contribution >= 0.6 is 0 Å². The minimum atomic E-state index is -0.0566. The molecule has 1 aromatic carbocycles. The molecule has 1 saturated carbocycles. The molecule has 2 fully saturated rings. The molecule has 0 radical (unpaired) electrons. The Morgan fingerprint density at radius 3 is 2.79 bits per heavy atom. The van der Waals surface area contributed by atoms with Crippen LogP contribution in [-0.4, -0.2) is 72.0 Å². The molecule has 3 heterocycles. The summed E-state index contributed by atoms with van der Waals surface area (Å²) in [4.78, 5) is 20.7. The van der Waals surface area contributed by atoms with Crippen LogP contribution < -0.4 is 10.6 Å². The van der Waals surface area contributed by atoms with Crippen LogP contribution in [0.4, 0.5) is 0 Å². The first-order valence-corrected chi connectivity index (χ1v) is 12.3. The van der Waals surface area contributed by atoms with Crippen LogP contribution in [0.2, 0.25) is 0 Å². The average molecular weight is 463 g/mol. The number of hydrogen-bond acceptors (Lipinski definition) is 6. The third-order valence-corrected chi connectivity index (χ3v) is 6.68. The Labute approximate surface area is 200 Å². The first kappa shape index (κ1) is 23.0. The molecular formula is C26H34N6O2. The summed E-state index contributed by atoms with van der Waals surface area (Å²) in [6.07, 6.45) is 5.71. The van der Waals surface area contributed by atoms with Gasteiger partial charge >= 0.3 is 0 Å². The Bertz CT molecular complexity index is 1150. The molecule has 180 valence electrons. The molecule has 5 rings (SSSR count). The zero-order valence-electron chi connectivity index (χ0n) is 20.1. The molecule has 0 bridgehead atoms. The fourth-order valence-corrected chi connectivity index (χ4v) is 4.57. The summed E-state index contributed by atoms with van der Waals surface area (Å²) in [5.41, 5.74) is 4.50. The van der Waals surface area contributed by atoms with E-state index < -0.39 is 0 Å². The van der Waals surface area contributed by atoms with Crippen molar-refractivity contribution in [3.63, 3.8) is 0 Å². The van der Waals surface area contributed by atoms with Crippen LogP contribution in [0.5, 0.6) is 0 Å². The molecule has 1 aliphatic heterocycles. The van der Waals surface area contributed by atoms with Crippen molar-refractivity contribution >= 4 is 16.9 Å². The van der Waals surface area contributed by atoms with Crippen molar-refractivity contribution in [2.75, 3.05) is 40.4 Å². The molecule has 3 aromatic rings. The van der Waals surface area contributed by atoms with Crippen molar-refractivity contribution in [3.05, 3.63) is 47.7 Å². The van der Waals surface area contributed by atoms with Crippen molar-refractivity contribution in [1.29, 1.82) is 0 Å². The van der Waals surface area contributed by atoms with Crippen LogP contribution in [0.25, 0.3) is 22.3 Å². The van der Waals surface area contributed by atoms with E-state index in [1.165, 1.54) is 5.56 Å². The van der Waals surface area contributed by atoms with E-state index in [4.69, 9.17) is 9.72 Å². The monoisotopic (exact) mass is 462 g/mol. The fourth-order valence-electron chi connectivity index (χ4n) is 4.57. The Morgan fingerprint density at radius 1 is 1.21 bits per heavy atom. The summed E-state index contributed by atoms with van der Waals surface area (Å²) < 4.78 is 7.45. The van der Waals surface area contributed by atoms with Crippen LogP contribution in [0.3, 0.4) is 0 Å². The van der Waals surface area contributed by atoms with E-state index >= 15 is 0 Å².